The summed E-state index contributed by atoms with van der Waals surface area (Å²) in [6, 6.07) is -1.14. The first-order chi connectivity index (χ1) is 4.04. The van der Waals surface area contributed by atoms with E-state index in [1.807, 2.05) is 0 Å². The lowest BCUT2D eigenvalue weighted by Gasteiger charge is -2.05. The lowest BCUT2D eigenvalue weighted by molar-refractivity contribution is -0.118. The van der Waals surface area contributed by atoms with Gasteiger partial charge in [0.15, 0.2) is 5.78 Å². The van der Waals surface area contributed by atoms with Gasteiger partial charge in [0, 0.05) is 0 Å². The van der Waals surface area contributed by atoms with Crippen LogP contribution >= 0.6 is 0 Å². The molecule has 0 rings (SSSR count). The van der Waals surface area contributed by atoms with Crippen molar-refractivity contribution < 1.29 is 9.59 Å². The van der Waals surface area contributed by atoms with Crippen LogP contribution in [0.3, 0.4) is 0 Å². The van der Waals surface area contributed by atoms with Crippen molar-refractivity contribution in [3.05, 3.63) is 0 Å². The molecule has 0 radical (unpaired) electrons. The summed E-state index contributed by atoms with van der Waals surface area (Å²) < 4.78 is 0. The summed E-state index contributed by atoms with van der Waals surface area (Å²) in [5.41, 5.74) is 4.73. The average molecular weight is 130 g/mol. The van der Waals surface area contributed by atoms with Crippen LogP contribution in [0.2, 0.25) is 0 Å². The second-order valence-corrected chi connectivity index (χ2v) is 1.84. The van der Waals surface area contributed by atoms with E-state index >= 15 is 0 Å². The molecule has 0 saturated heterocycles. The number of urea groups is 1. The molecule has 2 amide bonds. The zero-order valence-corrected chi connectivity index (χ0v) is 5.47. The molecule has 4 heteroatoms. The predicted octanol–water partition coefficient (Wildman–Crippen LogP) is -0.368. The van der Waals surface area contributed by atoms with Gasteiger partial charge in [0.25, 0.3) is 0 Å². The predicted molar refractivity (Wildman–Crippen MR) is 32.9 cm³/mol. The molecule has 4 nitrogen and oxygen atoms in total. The molecule has 0 aliphatic carbocycles. The highest BCUT2D eigenvalue weighted by Gasteiger charge is 2.06. The highest BCUT2D eigenvalue weighted by atomic mass is 16.2. The molecule has 0 unspecified atom stereocenters. The highest BCUT2D eigenvalue weighted by molar-refractivity contribution is 5.85. The normalized spacial score (nSPS) is 12.2. The fraction of sp³-hybridized carbons (Fsp3) is 0.600. The molecule has 0 heterocycles. The molecule has 1 atom stereocenters. The number of ketones is 1. The SMILES string of the molecule is CC(=O)[C@H](C)NC(N)=O. The molecule has 3 N–H and O–H groups in total. The van der Waals surface area contributed by atoms with Crippen LogP contribution in [-0.4, -0.2) is 17.9 Å². The van der Waals surface area contributed by atoms with Gasteiger partial charge in [-0.3, -0.25) is 4.79 Å². The molecular weight excluding hydrogens is 120 g/mol. The van der Waals surface area contributed by atoms with Gasteiger partial charge in [-0.2, -0.15) is 0 Å². The number of hydrogen-bond donors (Lipinski definition) is 2. The van der Waals surface area contributed by atoms with Gasteiger partial charge in [-0.1, -0.05) is 0 Å². The standard InChI is InChI=1S/C5H10N2O2/c1-3(4(2)8)7-5(6)9/h3H,1-2H3,(H3,6,7,9)/t3-/m0/s1. The highest BCUT2D eigenvalue weighted by Crippen LogP contribution is 1.80. The fourth-order valence-electron chi connectivity index (χ4n) is 0.315. The van der Waals surface area contributed by atoms with E-state index in [0.717, 1.165) is 0 Å². The number of nitrogens with one attached hydrogen (secondary N) is 1. The fourth-order valence-corrected chi connectivity index (χ4v) is 0.315. The van der Waals surface area contributed by atoms with Crippen molar-refractivity contribution in [2.24, 2.45) is 5.73 Å². The van der Waals surface area contributed by atoms with E-state index in [0.29, 0.717) is 0 Å². The van der Waals surface area contributed by atoms with Crippen LogP contribution in [0.25, 0.3) is 0 Å². The van der Waals surface area contributed by atoms with Crippen molar-refractivity contribution in [1.82, 2.24) is 5.32 Å². The van der Waals surface area contributed by atoms with E-state index in [-0.39, 0.29) is 5.78 Å². The van der Waals surface area contributed by atoms with Crippen LogP contribution in [-0.2, 0) is 4.79 Å². The number of hydrogen-bond acceptors (Lipinski definition) is 2. The van der Waals surface area contributed by atoms with Gasteiger partial charge in [-0.25, -0.2) is 4.79 Å². The Labute approximate surface area is 53.4 Å². The van der Waals surface area contributed by atoms with E-state index in [1.165, 1.54) is 6.92 Å². The summed E-state index contributed by atoms with van der Waals surface area (Å²) in [7, 11) is 0. The second-order valence-electron chi connectivity index (χ2n) is 1.84. The second kappa shape index (κ2) is 3.06. The van der Waals surface area contributed by atoms with Crippen molar-refractivity contribution in [3.63, 3.8) is 0 Å². The summed E-state index contributed by atoms with van der Waals surface area (Å²) in [4.78, 5) is 20.5. The van der Waals surface area contributed by atoms with Crippen LogP contribution in [0.4, 0.5) is 4.79 Å². The monoisotopic (exact) mass is 130 g/mol. The molecule has 52 valence electrons. The van der Waals surface area contributed by atoms with Gasteiger partial charge in [-0.15, -0.1) is 0 Å². The van der Waals surface area contributed by atoms with Crippen LogP contribution in [0, 0.1) is 0 Å². The Morgan fingerprint density at radius 1 is 1.56 bits per heavy atom. The van der Waals surface area contributed by atoms with Crippen molar-refractivity contribution in [2.75, 3.05) is 0 Å². The first kappa shape index (κ1) is 7.94. The van der Waals surface area contributed by atoms with Gasteiger partial charge in [0.05, 0.1) is 6.04 Å². The lowest BCUT2D eigenvalue weighted by atomic mass is 10.2. The van der Waals surface area contributed by atoms with Crippen LogP contribution < -0.4 is 11.1 Å². The number of carbonyl (C=O) groups excluding carboxylic acids is 2. The maximum Gasteiger partial charge on any atom is 0.312 e. The molecule has 0 aromatic rings. The van der Waals surface area contributed by atoms with E-state index < -0.39 is 12.1 Å². The van der Waals surface area contributed by atoms with E-state index in [4.69, 9.17) is 5.73 Å². The van der Waals surface area contributed by atoms with Crippen molar-refractivity contribution in [1.29, 1.82) is 0 Å². The Hall–Kier alpha value is -1.06. The molecule has 0 aromatic heterocycles. The third kappa shape index (κ3) is 3.52. The topological polar surface area (TPSA) is 72.2 Å². The molecular formula is C5H10N2O2. The van der Waals surface area contributed by atoms with Crippen LogP contribution in [0.5, 0.6) is 0 Å². The molecule has 0 aliphatic heterocycles. The molecule has 0 saturated carbocycles. The first-order valence-corrected chi connectivity index (χ1v) is 2.60. The van der Waals surface area contributed by atoms with E-state index in [1.54, 1.807) is 6.92 Å². The van der Waals surface area contributed by atoms with Gasteiger partial charge >= 0.3 is 6.03 Å². The number of amides is 2. The van der Waals surface area contributed by atoms with Gasteiger partial charge < -0.3 is 11.1 Å². The zero-order valence-electron chi connectivity index (χ0n) is 5.47. The van der Waals surface area contributed by atoms with Crippen molar-refractivity contribution in [2.45, 2.75) is 19.9 Å². The Morgan fingerprint density at radius 3 is 2.11 bits per heavy atom. The maximum absolute atomic E-state index is 10.4. The summed E-state index contributed by atoms with van der Waals surface area (Å²) in [6.45, 7) is 2.97. The van der Waals surface area contributed by atoms with E-state index in [9.17, 15) is 9.59 Å². The van der Waals surface area contributed by atoms with Gasteiger partial charge in [0.1, 0.15) is 0 Å². The Balaban J connectivity index is 3.63. The molecule has 9 heavy (non-hydrogen) atoms. The molecule has 0 bridgehead atoms. The van der Waals surface area contributed by atoms with E-state index in [2.05, 4.69) is 5.32 Å². The van der Waals surface area contributed by atoms with Crippen LogP contribution in [0.15, 0.2) is 0 Å². The Kier molecular flexibility index (Phi) is 2.70. The minimum atomic E-state index is -0.669. The van der Waals surface area contributed by atoms with Crippen LogP contribution in [0.1, 0.15) is 13.8 Å². The van der Waals surface area contributed by atoms with Crippen molar-refractivity contribution >= 4 is 11.8 Å². The Bertz CT molecular complexity index is 133. The van der Waals surface area contributed by atoms with Gasteiger partial charge in [0.2, 0.25) is 0 Å². The quantitative estimate of drug-likeness (QED) is 0.535. The molecule has 0 spiro atoms. The number of primary amides is 1. The summed E-state index contributed by atoms with van der Waals surface area (Å²) >= 11 is 0. The first-order valence-electron chi connectivity index (χ1n) is 2.60. The summed E-state index contributed by atoms with van der Waals surface area (Å²) in [6.07, 6.45) is 0. The smallest absolute Gasteiger partial charge is 0.312 e. The molecule has 0 aliphatic rings. The lowest BCUT2D eigenvalue weighted by Crippen LogP contribution is -2.40. The summed E-state index contributed by atoms with van der Waals surface area (Å²) in [5.74, 6) is -0.103. The zero-order chi connectivity index (χ0) is 7.44. The number of Topliss-reactive ketones (excluding diaryl/α,β-unsaturated/α-hetero) is 1. The Morgan fingerprint density at radius 2 is 2.00 bits per heavy atom. The third-order valence-corrected chi connectivity index (χ3v) is 0.969. The third-order valence-electron chi connectivity index (χ3n) is 0.969. The largest absolute Gasteiger partial charge is 0.352 e. The number of nitrogens with two attached hydrogens (primary N) is 1. The minimum absolute atomic E-state index is 0.103. The summed E-state index contributed by atoms with van der Waals surface area (Å²) in [5, 5.41) is 2.23. The molecule has 0 aromatic carbocycles. The minimum Gasteiger partial charge on any atom is -0.352 e. The average Bonchev–Trinajstić information content (AvgIpc) is 1.63. The number of rotatable bonds is 2. The van der Waals surface area contributed by atoms with Crippen molar-refractivity contribution in [3.8, 4) is 0 Å². The number of carbonyl (C=O) groups is 2. The van der Waals surface area contributed by atoms with Gasteiger partial charge in [-0.05, 0) is 13.8 Å². The maximum atomic E-state index is 10.4. The molecule has 0 fully saturated rings.